The Morgan fingerprint density at radius 3 is 2.75 bits per heavy atom. The number of piperidine rings is 1. The lowest BCUT2D eigenvalue weighted by Crippen LogP contribution is -2.46. The standard InChI is InChI=1S/C19H28N2O3/c1-14-7-3-4-8-16(14)12-17(13-22)20-18(23)11-15(2)21-10-6-5-9-19(21)24/h3-4,7-8,15,17,22H,5-6,9-13H2,1-2H3,(H,20,23)/t15-,17-/m0/s1. The molecule has 2 rings (SSSR count). The van der Waals surface area contributed by atoms with Crippen molar-refractivity contribution in [2.24, 2.45) is 0 Å². The van der Waals surface area contributed by atoms with Crippen molar-refractivity contribution in [3.8, 4) is 0 Å². The molecular formula is C19H28N2O3. The van der Waals surface area contributed by atoms with Crippen LogP contribution in [-0.4, -0.2) is 47.1 Å². The molecule has 5 nitrogen and oxygen atoms in total. The zero-order chi connectivity index (χ0) is 17.5. The third kappa shape index (κ3) is 5.06. The predicted octanol–water partition coefficient (Wildman–Crippen LogP) is 1.81. The molecule has 1 aliphatic rings. The van der Waals surface area contributed by atoms with E-state index in [-0.39, 0.29) is 36.9 Å². The van der Waals surface area contributed by atoms with E-state index in [9.17, 15) is 14.7 Å². The molecule has 0 unspecified atom stereocenters. The number of carbonyl (C=O) groups excluding carboxylic acids is 2. The molecule has 0 radical (unpaired) electrons. The number of rotatable bonds is 7. The van der Waals surface area contributed by atoms with E-state index in [1.165, 1.54) is 0 Å². The molecule has 2 atom stereocenters. The first kappa shape index (κ1) is 18.5. The largest absolute Gasteiger partial charge is 0.394 e. The van der Waals surface area contributed by atoms with Crippen LogP contribution in [0.15, 0.2) is 24.3 Å². The number of hydrogen-bond acceptors (Lipinski definition) is 3. The molecule has 0 aliphatic carbocycles. The van der Waals surface area contributed by atoms with Gasteiger partial charge in [0.05, 0.1) is 12.6 Å². The number of hydrogen-bond donors (Lipinski definition) is 2. The highest BCUT2D eigenvalue weighted by Crippen LogP contribution is 2.16. The number of amides is 2. The van der Waals surface area contributed by atoms with Gasteiger partial charge in [-0.05, 0) is 44.2 Å². The van der Waals surface area contributed by atoms with Crippen LogP contribution in [0.5, 0.6) is 0 Å². The summed E-state index contributed by atoms with van der Waals surface area (Å²) in [5, 5.41) is 12.5. The normalized spacial score (nSPS) is 17.5. The summed E-state index contributed by atoms with van der Waals surface area (Å²) in [4.78, 5) is 26.0. The number of aliphatic hydroxyl groups is 1. The van der Waals surface area contributed by atoms with Gasteiger partial charge in [0, 0.05) is 25.4 Å². The fourth-order valence-corrected chi connectivity index (χ4v) is 3.22. The molecule has 24 heavy (non-hydrogen) atoms. The molecule has 5 heteroatoms. The van der Waals surface area contributed by atoms with Crippen LogP contribution in [0, 0.1) is 6.92 Å². The third-order valence-corrected chi connectivity index (χ3v) is 4.69. The highest BCUT2D eigenvalue weighted by atomic mass is 16.3. The summed E-state index contributed by atoms with van der Waals surface area (Å²) in [5.74, 6) is 0.0219. The molecule has 0 spiro atoms. The van der Waals surface area contributed by atoms with E-state index < -0.39 is 0 Å². The molecular weight excluding hydrogens is 304 g/mol. The molecule has 2 N–H and O–H groups in total. The third-order valence-electron chi connectivity index (χ3n) is 4.69. The Balaban J connectivity index is 1.87. The first-order valence-corrected chi connectivity index (χ1v) is 8.75. The van der Waals surface area contributed by atoms with Gasteiger partial charge in [0.1, 0.15) is 0 Å². The number of aliphatic hydroxyl groups excluding tert-OH is 1. The average Bonchev–Trinajstić information content (AvgIpc) is 2.56. The van der Waals surface area contributed by atoms with Crippen LogP contribution in [-0.2, 0) is 16.0 Å². The van der Waals surface area contributed by atoms with Crippen LogP contribution < -0.4 is 5.32 Å². The molecule has 1 heterocycles. The fourth-order valence-electron chi connectivity index (χ4n) is 3.22. The van der Waals surface area contributed by atoms with Gasteiger partial charge in [0.2, 0.25) is 11.8 Å². The molecule has 1 aromatic rings. The minimum absolute atomic E-state index is 0.100. The number of nitrogens with one attached hydrogen (secondary N) is 1. The fraction of sp³-hybridized carbons (Fsp3) is 0.579. The molecule has 1 aliphatic heterocycles. The highest BCUT2D eigenvalue weighted by molar-refractivity contribution is 5.80. The summed E-state index contributed by atoms with van der Waals surface area (Å²) in [7, 11) is 0. The average molecular weight is 332 g/mol. The van der Waals surface area contributed by atoms with Crippen molar-refractivity contribution in [1.29, 1.82) is 0 Å². The van der Waals surface area contributed by atoms with Gasteiger partial charge in [0.25, 0.3) is 0 Å². The Bertz CT molecular complexity index is 573. The summed E-state index contributed by atoms with van der Waals surface area (Å²) in [6, 6.07) is 7.57. The lowest BCUT2D eigenvalue weighted by molar-refractivity contribution is -0.136. The van der Waals surface area contributed by atoms with E-state index in [0.29, 0.717) is 12.8 Å². The molecule has 1 fully saturated rings. The predicted molar refractivity (Wildman–Crippen MR) is 93.5 cm³/mol. The Kier molecular flexibility index (Phi) is 6.79. The minimum atomic E-state index is -0.303. The van der Waals surface area contributed by atoms with E-state index in [1.807, 2.05) is 38.1 Å². The number of likely N-dealkylation sites (tertiary alicyclic amines) is 1. The van der Waals surface area contributed by atoms with Gasteiger partial charge in [0.15, 0.2) is 0 Å². The Morgan fingerprint density at radius 2 is 2.08 bits per heavy atom. The van der Waals surface area contributed by atoms with E-state index >= 15 is 0 Å². The van der Waals surface area contributed by atoms with Crippen LogP contribution in [0.25, 0.3) is 0 Å². The van der Waals surface area contributed by atoms with Crippen LogP contribution >= 0.6 is 0 Å². The van der Waals surface area contributed by atoms with E-state index in [2.05, 4.69) is 5.32 Å². The molecule has 1 saturated heterocycles. The Labute approximate surface area is 144 Å². The summed E-state index contributed by atoms with van der Waals surface area (Å²) < 4.78 is 0. The summed E-state index contributed by atoms with van der Waals surface area (Å²) >= 11 is 0. The van der Waals surface area contributed by atoms with Gasteiger partial charge in [-0.25, -0.2) is 0 Å². The maximum absolute atomic E-state index is 12.3. The molecule has 0 aromatic heterocycles. The smallest absolute Gasteiger partial charge is 0.222 e. The van der Waals surface area contributed by atoms with Gasteiger partial charge in [-0.1, -0.05) is 24.3 Å². The summed E-state index contributed by atoms with van der Waals surface area (Å²) in [6.45, 7) is 4.57. The first-order chi connectivity index (χ1) is 11.5. The quantitative estimate of drug-likeness (QED) is 0.800. The van der Waals surface area contributed by atoms with Gasteiger partial charge in [-0.15, -0.1) is 0 Å². The van der Waals surface area contributed by atoms with Crippen LogP contribution in [0.1, 0.15) is 43.7 Å². The number of carbonyl (C=O) groups is 2. The maximum atomic E-state index is 12.3. The lowest BCUT2D eigenvalue weighted by atomic mass is 10.0. The van der Waals surface area contributed by atoms with Crippen molar-refractivity contribution in [1.82, 2.24) is 10.2 Å². The molecule has 2 amide bonds. The molecule has 0 saturated carbocycles. The second-order valence-corrected chi connectivity index (χ2v) is 6.68. The zero-order valence-electron chi connectivity index (χ0n) is 14.6. The number of nitrogens with zero attached hydrogens (tertiary/aromatic N) is 1. The second-order valence-electron chi connectivity index (χ2n) is 6.68. The minimum Gasteiger partial charge on any atom is -0.394 e. The van der Waals surface area contributed by atoms with Crippen molar-refractivity contribution in [2.75, 3.05) is 13.2 Å². The molecule has 0 bridgehead atoms. The lowest BCUT2D eigenvalue weighted by Gasteiger charge is -2.32. The van der Waals surface area contributed by atoms with E-state index in [4.69, 9.17) is 0 Å². The van der Waals surface area contributed by atoms with E-state index in [1.54, 1.807) is 4.90 Å². The number of aryl methyl sites for hydroxylation is 1. The van der Waals surface area contributed by atoms with Crippen molar-refractivity contribution in [3.63, 3.8) is 0 Å². The van der Waals surface area contributed by atoms with Crippen molar-refractivity contribution in [3.05, 3.63) is 35.4 Å². The molecule has 1 aromatic carbocycles. The van der Waals surface area contributed by atoms with Gasteiger partial charge in [-0.2, -0.15) is 0 Å². The van der Waals surface area contributed by atoms with Crippen LogP contribution in [0.2, 0.25) is 0 Å². The highest BCUT2D eigenvalue weighted by Gasteiger charge is 2.25. The van der Waals surface area contributed by atoms with Gasteiger partial charge >= 0.3 is 0 Å². The van der Waals surface area contributed by atoms with Crippen LogP contribution in [0.4, 0.5) is 0 Å². The number of benzene rings is 1. The van der Waals surface area contributed by atoms with E-state index in [0.717, 1.165) is 30.5 Å². The van der Waals surface area contributed by atoms with Crippen molar-refractivity contribution >= 4 is 11.8 Å². The Hall–Kier alpha value is -1.88. The molecule has 132 valence electrons. The van der Waals surface area contributed by atoms with Crippen LogP contribution in [0.3, 0.4) is 0 Å². The van der Waals surface area contributed by atoms with Crippen molar-refractivity contribution < 1.29 is 14.7 Å². The first-order valence-electron chi connectivity index (χ1n) is 8.75. The maximum Gasteiger partial charge on any atom is 0.222 e. The van der Waals surface area contributed by atoms with Crippen molar-refractivity contribution in [2.45, 2.75) is 58.0 Å². The van der Waals surface area contributed by atoms with Gasteiger partial charge in [-0.3, -0.25) is 9.59 Å². The summed E-state index contributed by atoms with van der Waals surface area (Å²) in [6.07, 6.45) is 3.40. The summed E-state index contributed by atoms with van der Waals surface area (Å²) in [5.41, 5.74) is 2.27. The second kappa shape index (κ2) is 8.83. The zero-order valence-corrected chi connectivity index (χ0v) is 14.6. The monoisotopic (exact) mass is 332 g/mol. The Morgan fingerprint density at radius 1 is 1.33 bits per heavy atom. The van der Waals surface area contributed by atoms with Gasteiger partial charge < -0.3 is 15.3 Å². The SMILES string of the molecule is Cc1ccccc1C[C@@H](CO)NC(=O)C[C@H](C)N1CCCCC1=O. The topological polar surface area (TPSA) is 69.6 Å².